The Balaban J connectivity index is 2.18. The fraction of sp³-hybridized carbons (Fsp3) is 0.857. The van der Waals surface area contributed by atoms with Gasteiger partial charge in [0.2, 0.25) is 0 Å². The number of carboxylic acid groups (broad SMARTS) is 1. The molecule has 1 fully saturated rings. The predicted octanol–water partition coefficient (Wildman–Crippen LogP) is 1.84. The fourth-order valence-electron chi connectivity index (χ4n) is 2.23. The largest absolute Gasteiger partial charge is 0.481 e. The Morgan fingerprint density at radius 2 is 1.90 bits per heavy atom. The van der Waals surface area contributed by atoms with E-state index in [0.29, 0.717) is 6.42 Å². The average Bonchev–Trinajstić information content (AvgIpc) is 2.28. The molecule has 0 bridgehead atoms. The standard InChI is InChI=1S/C14H26N2O4/c1-14(2,3)20-13(19)15-11-6-9-16(10-7-11)8-4-5-12(17)18/h11H,4-10H2,1-3H3,(H,15,19)(H,17,18). The van der Waals surface area contributed by atoms with Crippen LogP contribution in [-0.2, 0) is 9.53 Å². The molecule has 0 atom stereocenters. The monoisotopic (exact) mass is 286 g/mol. The number of ether oxygens (including phenoxy) is 1. The van der Waals surface area contributed by atoms with E-state index < -0.39 is 11.6 Å². The van der Waals surface area contributed by atoms with Gasteiger partial charge in [0, 0.05) is 25.6 Å². The molecule has 116 valence electrons. The van der Waals surface area contributed by atoms with Gasteiger partial charge in [0.15, 0.2) is 0 Å². The van der Waals surface area contributed by atoms with E-state index in [4.69, 9.17) is 9.84 Å². The van der Waals surface area contributed by atoms with Crippen LogP contribution in [-0.4, -0.2) is 53.3 Å². The molecule has 0 aliphatic carbocycles. The van der Waals surface area contributed by atoms with E-state index in [1.54, 1.807) is 0 Å². The van der Waals surface area contributed by atoms with Crippen molar-refractivity contribution in [3.05, 3.63) is 0 Å². The van der Waals surface area contributed by atoms with Crippen molar-refractivity contribution in [2.45, 2.75) is 58.1 Å². The van der Waals surface area contributed by atoms with E-state index >= 15 is 0 Å². The molecular weight excluding hydrogens is 260 g/mol. The molecule has 1 amide bonds. The number of nitrogens with zero attached hydrogens (tertiary/aromatic N) is 1. The zero-order valence-corrected chi connectivity index (χ0v) is 12.6. The maximum Gasteiger partial charge on any atom is 0.407 e. The number of likely N-dealkylation sites (tertiary alicyclic amines) is 1. The Morgan fingerprint density at radius 3 is 2.40 bits per heavy atom. The van der Waals surface area contributed by atoms with Crippen molar-refractivity contribution in [3.8, 4) is 0 Å². The van der Waals surface area contributed by atoms with Gasteiger partial charge in [-0.2, -0.15) is 0 Å². The van der Waals surface area contributed by atoms with Gasteiger partial charge < -0.3 is 20.1 Å². The summed E-state index contributed by atoms with van der Waals surface area (Å²) in [6, 6.07) is 0.153. The van der Waals surface area contributed by atoms with Gasteiger partial charge in [-0.15, -0.1) is 0 Å². The number of piperidine rings is 1. The molecular formula is C14H26N2O4. The predicted molar refractivity (Wildman–Crippen MR) is 75.7 cm³/mol. The Bertz CT molecular complexity index is 331. The minimum Gasteiger partial charge on any atom is -0.481 e. The van der Waals surface area contributed by atoms with Gasteiger partial charge in [-0.1, -0.05) is 0 Å². The highest BCUT2D eigenvalue weighted by Crippen LogP contribution is 2.13. The molecule has 0 aromatic rings. The molecule has 2 N–H and O–H groups in total. The van der Waals surface area contributed by atoms with Crippen LogP contribution < -0.4 is 5.32 Å². The first-order valence-electron chi connectivity index (χ1n) is 7.20. The van der Waals surface area contributed by atoms with Crippen molar-refractivity contribution < 1.29 is 19.4 Å². The van der Waals surface area contributed by atoms with Crippen LogP contribution in [0.4, 0.5) is 4.79 Å². The summed E-state index contributed by atoms with van der Waals surface area (Å²) >= 11 is 0. The summed E-state index contributed by atoms with van der Waals surface area (Å²) in [5.41, 5.74) is -0.471. The van der Waals surface area contributed by atoms with Crippen molar-refractivity contribution in [1.29, 1.82) is 0 Å². The summed E-state index contributed by atoms with van der Waals surface area (Å²) in [4.78, 5) is 24.3. The normalized spacial score (nSPS) is 17.8. The van der Waals surface area contributed by atoms with Crippen molar-refractivity contribution in [2.24, 2.45) is 0 Å². The third kappa shape index (κ3) is 7.33. The molecule has 1 heterocycles. The van der Waals surface area contributed by atoms with Crippen LogP contribution in [0.15, 0.2) is 0 Å². The van der Waals surface area contributed by atoms with Gasteiger partial charge >= 0.3 is 12.1 Å². The maximum absolute atomic E-state index is 11.6. The van der Waals surface area contributed by atoms with Crippen LogP contribution in [0.1, 0.15) is 46.5 Å². The number of amides is 1. The number of hydrogen-bond donors (Lipinski definition) is 2. The molecule has 1 aliphatic heterocycles. The third-order valence-corrected chi connectivity index (χ3v) is 3.17. The maximum atomic E-state index is 11.6. The lowest BCUT2D eigenvalue weighted by molar-refractivity contribution is -0.137. The smallest absolute Gasteiger partial charge is 0.407 e. The molecule has 20 heavy (non-hydrogen) atoms. The van der Waals surface area contributed by atoms with Crippen molar-refractivity contribution in [1.82, 2.24) is 10.2 Å². The highest BCUT2D eigenvalue weighted by atomic mass is 16.6. The lowest BCUT2D eigenvalue weighted by atomic mass is 10.0. The Labute approximate surface area is 120 Å². The average molecular weight is 286 g/mol. The number of carbonyl (C=O) groups is 2. The Kier molecular flexibility index (Phi) is 6.26. The minimum atomic E-state index is -0.744. The quantitative estimate of drug-likeness (QED) is 0.806. The van der Waals surface area contributed by atoms with Crippen LogP contribution in [0.2, 0.25) is 0 Å². The number of rotatable bonds is 5. The molecule has 0 saturated carbocycles. The second-order valence-corrected chi connectivity index (χ2v) is 6.26. The first-order chi connectivity index (χ1) is 9.26. The molecule has 6 nitrogen and oxygen atoms in total. The molecule has 0 radical (unpaired) electrons. The highest BCUT2D eigenvalue weighted by molar-refractivity contribution is 5.68. The van der Waals surface area contributed by atoms with E-state index in [-0.39, 0.29) is 18.6 Å². The van der Waals surface area contributed by atoms with Crippen LogP contribution in [0.3, 0.4) is 0 Å². The molecule has 1 rings (SSSR count). The molecule has 0 unspecified atom stereocenters. The van der Waals surface area contributed by atoms with E-state index in [2.05, 4.69) is 10.2 Å². The highest BCUT2D eigenvalue weighted by Gasteiger charge is 2.23. The topological polar surface area (TPSA) is 78.9 Å². The van der Waals surface area contributed by atoms with Crippen LogP contribution in [0.25, 0.3) is 0 Å². The molecule has 0 aromatic carbocycles. The lowest BCUT2D eigenvalue weighted by Gasteiger charge is -2.32. The first kappa shape index (κ1) is 16.8. The molecule has 1 saturated heterocycles. The van der Waals surface area contributed by atoms with Crippen LogP contribution in [0.5, 0.6) is 0 Å². The zero-order valence-electron chi connectivity index (χ0n) is 12.6. The summed E-state index contributed by atoms with van der Waals surface area (Å²) in [5.74, 6) is -0.744. The van der Waals surface area contributed by atoms with E-state index in [1.165, 1.54) is 0 Å². The number of alkyl carbamates (subject to hydrolysis) is 1. The summed E-state index contributed by atoms with van der Waals surface area (Å²) in [6.07, 6.45) is 2.30. The van der Waals surface area contributed by atoms with Gasteiger partial charge in [0.05, 0.1) is 0 Å². The van der Waals surface area contributed by atoms with Gasteiger partial charge in [-0.05, 0) is 46.6 Å². The van der Waals surface area contributed by atoms with Crippen molar-refractivity contribution in [3.63, 3.8) is 0 Å². The van der Waals surface area contributed by atoms with Gasteiger partial charge in [0.25, 0.3) is 0 Å². The van der Waals surface area contributed by atoms with Gasteiger partial charge in [-0.3, -0.25) is 4.79 Å². The molecule has 6 heteroatoms. The van der Waals surface area contributed by atoms with Gasteiger partial charge in [0.1, 0.15) is 5.60 Å². The molecule has 0 aromatic heterocycles. The lowest BCUT2D eigenvalue weighted by Crippen LogP contribution is -2.46. The second kappa shape index (κ2) is 7.47. The van der Waals surface area contributed by atoms with E-state index in [0.717, 1.165) is 32.5 Å². The summed E-state index contributed by atoms with van der Waals surface area (Å²) < 4.78 is 5.23. The molecule has 1 aliphatic rings. The summed E-state index contributed by atoms with van der Waals surface area (Å²) in [7, 11) is 0. The summed E-state index contributed by atoms with van der Waals surface area (Å²) in [6.45, 7) is 8.12. The third-order valence-electron chi connectivity index (χ3n) is 3.17. The fourth-order valence-corrected chi connectivity index (χ4v) is 2.23. The van der Waals surface area contributed by atoms with Crippen molar-refractivity contribution in [2.75, 3.05) is 19.6 Å². The van der Waals surface area contributed by atoms with Gasteiger partial charge in [-0.25, -0.2) is 4.79 Å². The summed E-state index contributed by atoms with van der Waals surface area (Å²) in [5, 5.41) is 11.5. The first-order valence-corrected chi connectivity index (χ1v) is 7.20. The van der Waals surface area contributed by atoms with E-state index in [9.17, 15) is 9.59 Å². The molecule has 0 spiro atoms. The van der Waals surface area contributed by atoms with Crippen molar-refractivity contribution >= 4 is 12.1 Å². The number of nitrogens with one attached hydrogen (secondary N) is 1. The number of carboxylic acids is 1. The van der Waals surface area contributed by atoms with E-state index in [1.807, 2.05) is 20.8 Å². The number of hydrogen-bond acceptors (Lipinski definition) is 4. The number of carbonyl (C=O) groups excluding carboxylic acids is 1. The van der Waals surface area contributed by atoms with Crippen LogP contribution >= 0.6 is 0 Å². The second-order valence-electron chi connectivity index (χ2n) is 6.26. The Hall–Kier alpha value is -1.30. The number of aliphatic carboxylic acids is 1. The SMILES string of the molecule is CC(C)(C)OC(=O)NC1CCN(CCCC(=O)O)CC1. The Morgan fingerprint density at radius 1 is 1.30 bits per heavy atom. The zero-order chi connectivity index (χ0) is 15.2. The van der Waals surface area contributed by atoms with Crippen LogP contribution in [0, 0.1) is 0 Å². The minimum absolute atomic E-state index is 0.153.